The molecule has 84 valence electrons. The third-order valence-electron chi connectivity index (χ3n) is 3.14. The molecule has 1 heteroatoms. The Balaban J connectivity index is 2.15. The molecular weight excluding hydrogens is 196 g/mol. The van der Waals surface area contributed by atoms with Gasteiger partial charge < -0.3 is 0 Å². The second kappa shape index (κ2) is 4.65. The monoisotopic (exact) mass is 214 g/mol. The van der Waals surface area contributed by atoms with Gasteiger partial charge in [-0.05, 0) is 48.4 Å². The van der Waals surface area contributed by atoms with Crippen LogP contribution in [0.3, 0.4) is 0 Å². The lowest BCUT2D eigenvalue weighted by Gasteiger charge is -2.04. The molecule has 1 aliphatic rings. The molecule has 1 aromatic rings. The van der Waals surface area contributed by atoms with Crippen LogP contribution < -0.4 is 0 Å². The van der Waals surface area contributed by atoms with Gasteiger partial charge in [-0.2, -0.15) is 0 Å². The largest absolute Gasteiger partial charge is 0.295 e. The van der Waals surface area contributed by atoms with Crippen molar-refractivity contribution in [3.63, 3.8) is 0 Å². The van der Waals surface area contributed by atoms with E-state index in [1.165, 1.54) is 24.0 Å². The third kappa shape index (κ3) is 2.60. The maximum Gasteiger partial charge on any atom is 0.155 e. The molecule has 1 nitrogen and oxygen atoms in total. The predicted molar refractivity (Wildman–Crippen MR) is 67.5 cm³/mol. The smallest absolute Gasteiger partial charge is 0.155 e. The molecule has 0 saturated heterocycles. The third-order valence-corrected chi connectivity index (χ3v) is 3.14. The van der Waals surface area contributed by atoms with Gasteiger partial charge in [-0.1, -0.05) is 31.2 Å². The van der Waals surface area contributed by atoms with Crippen molar-refractivity contribution in [3.8, 4) is 0 Å². The van der Waals surface area contributed by atoms with Crippen molar-refractivity contribution in [2.45, 2.75) is 39.0 Å². The van der Waals surface area contributed by atoms with Gasteiger partial charge >= 0.3 is 0 Å². The molecule has 0 spiro atoms. The number of benzene rings is 1. The van der Waals surface area contributed by atoms with Crippen LogP contribution in [0.25, 0.3) is 6.08 Å². The normalized spacial score (nSPS) is 15.6. The Morgan fingerprint density at radius 2 is 2.19 bits per heavy atom. The minimum atomic E-state index is 0.186. The van der Waals surface area contributed by atoms with E-state index < -0.39 is 0 Å². The highest BCUT2D eigenvalue weighted by Crippen LogP contribution is 2.40. The number of hydrogen-bond donors (Lipinski definition) is 0. The molecule has 2 rings (SSSR count). The summed E-state index contributed by atoms with van der Waals surface area (Å²) in [6.45, 7) is 4.00. The fourth-order valence-electron chi connectivity index (χ4n) is 1.86. The Hall–Kier alpha value is -1.37. The number of hydrogen-bond acceptors (Lipinski definition) is 1. The van der Waals surface area contributed by atoms with Crippen LogP contribution in [-0.2, 0) is 4.79 Å². The van der Waals surface area contributed by atoms with Gasteiger partial charge in [-0.3, -0.25) is 4.79 Å². The maximum absolute atomic E-state index is 11.2. The van der Waals surface area contributed by atoms with Crippen LogP contribution >= 0.6 is 0 Å². The SMILES string of the molecule is CCC(=O)/C=C\c1ccc(C2CC2)cc1C. The molecule has 0 heterocycles. The van der Waals surface area contributed by atoms with E-state index >= 15 is 0 Å². The summed E-state index contributed by atoms with van der Waals surface area (Å²) in [5, 5.41) is 0. The molecule has 1 saturated carbocycles. The highest BCUT2D eigenvalue weighted by Gasteiger charge is 2.23. The Morgan fingerprint density at radius 3 is 2.75 bits per heavy atom. The molecule has 0 aromatic heterocycles. The summed E-state index contributed by atoms with van der Waals surface area (Å²) < 4.78 is 0. The van der Waals surface area contributed by atoms with Gasteiger partial charge in [-0.15, -0.1) is 0 Å². The summed E-state index contributed by atoms with van der Waals surface area (Å²) in [6, 6.07) is 6.58. The Morgan fingerprint density at radius 1 is 1.44 bits per heavy atom. The summed E-state index contributed by atoms with van der Waals surface area (Å²) in [5.74, 6) is 0.986. The number of ketones is 1. The minimum Gasteiger partial charge on any atom is -0.295 e. The Bertz CT molecular complexity index is 425. The van der Waals surface area contributed by atoms with Gasteiger partial charge in [0.15, 0.2) is 5.78 Å². The van der Waals surface area contributed by atoms with Crippen molar-refractivity contribution in [2.24, 2.45) is 0 Å². The van der Waals surface area contributed by atoms with Crippen molar-refractivity contribution in [3.05, 3.63) is 41.0 Å². The minimum absolute atomic E-state index is 0.186. The van der Waals surface area contributed by atoms with Crippen molar-refractivity contribution in [1.29, 1.82) is 0 Å². The standard InChI is InChI=1S/C15H18O/c1-3-15(16)9-8-12-4-7-14(10-11(12)2)13-5-6-13/h4,7-10,13H,3,5-6H2,1-2H3/b9-8-. The van der Waals surface area contributed by atoms with Gasteiger partial charge in [-0.25, -0.2) is 0 Å². The molecular formula is C15H18O. The van der Waals surface area contributed by atoms with E-state index in [2.05, 4.69) is 25.1 Å². The fraction of sp³-hybridized carbons (Fsp3) is 0.400. The number of rotatable bonds is 4. The van der Waals surface area contributed by atoms with Crippen molar-refractivity contribution in [1.82, 2.24) is 0 Å². The van der Waals surface area contributed by atoms with Gasteiger partial charge in [0, 0.05) is 6.42 Å². The second-order valence-corrected chi connectivity index (χ2v) is 4.54. The lowest BCUT2D eigenvalue weighted by Crippen LogP contribution is -1.89. The zero-order valence-corrected chi connectivity index (χ0v) is 9.99. The van der Waals surface area contributed by atoms with Crippen molar-refractivity contribution < 1.29 is 4.79 Å². The fourth-order valence-corrected chi connectivity index (χ4v) is 1.86. The molecule has 0 bridgehead atoms. The van der Waals surface area contributed by atoms with Gasteiger partial charge in [0.1, 0.15) is 0 Å². The molecule has 0 unspecified atom stereocenters. The molecule has 0 radical (unpaired) electrons. The number of allylic oxidation sites excluding steroid dienone is 1. The van der Waals surface area contributed by atoms with Crippen LogP contribution in [0.4, 0.5) is 0 Å². The first kappa shape index (κ1) is 11.1. The molecule has 0 atom stereocenters. The van der Waals surface area contributed by atoms with Crippen LogP contribution in [0.2, 0.25) is 0 Å². The average molecular weight is 214 g/mol. The maximum atomic E-state index is 11.2. The first-order chi connectivity index (χ1) is 7.70. The second-order valence-electron chi connectivity index (χ2n) is 4.54. The summed E-state index contributed by atoms with van der Waals surface area (Å²) in [7, 11) is 0. The van der Waals surface area contributed by atoms with Crippen molar-refractivity contribution in [2.75, 3.05) is 0 Å². The topological polar surface area (TPSA) is 17.1 Å². The predicted octanol–water partition coefficient (Wildman–Crippen LogP) is 3.86. The van der Waals surface area contributed by atoms with E-state index in [4.69, 9.17) is 0 Å². The van der Waals surface area contributed by atoms with Gasteiger partial charge in [0.2, 0.25) is 0 Å². The lowest BCUT2D eigenvalue weighted by molar-refractivity contribution is -0.114. The van der Waals surface area contributed by atoms with Crippen LogP contribution in [0.5, 0.6) is 0 Å². The zero-order chi connectivity index (χ0) is 11.5. The van der Waals surface area contributed by atoms with Crippen LogP contribution in [0, 0.1) is 6.92 Å². The summed E-state index contributed by atoms with van der Waals surface area (Å²) >= 11 is 0. The van der Waals surface area contributed by atoms with E-state index in [-0.39, 0.29) is 5.78 Å². The quantitative estimate of drug-likeness (QED) is 0.695. The molecule has 0 amide bonds. The molecule has 0 aliphatic heterocycles. The van der Waals surface area contributed by atoms with Crippen molar-refractivity contribution >= 4 is 11.9 Å². The summed E-state index contributed by atoms with van der Waals surface area (Å²) in [6.07, 6.45) is 6.86. The lowest BCUT2D eigenvalue weighted by atomic mass is 10.0. The van der Waals surface area contributed by atoms with E-state index in [9.17, 15) is 4.79 Å². The Labute approximate surface area is 97.2 Å². The molecule has 1 aliphatic carbocycles. The molecule has 16 heavy (non-hydrogen) atoms. The molecule has 1 fully saturated rings. The summed E-state index contributed by atoms with van der Waals surface area (Å²) in [4.78, 5) is 11.2. The highest BCUT2D eigenvalue weighted by molar-refractivity contribution is 5.93. The van der Waals surface area contributed by atoms with Crippen LogP contribution in [0.15, 0.2) is 24.3 Å². The van der Waals surface area contributed by atoms with E-state index in [0.717, 1.165) is 11.5 Å². The average Bonchev–Trinajstić information content (AvgIpc) is 3.10. The zero-order valence-electron chi connectivity index (χ0n) is 9.99. The first-order valence-electron chi connectivity index (χ1n) is 6.02. The molecule has 0 N–H and O–H groups in total. The number of aryl methyl sites for hydroxylation is 1. The highest BCUT2D eigenvalue weighted by atomic mass is 16.1. The van der Waals surface area contributed by atoms with Gasteiger partial charge in [0.25, 0.3) is 0 Å². The van der Waals surface area contributed by atoms with Crippen LogP contribution in [0.1, 0.15) is 48.8 Å². The Kier molecular flexibility index (Phi) is 3.23. The van der Waals surface area contributed by atoms with E-state index in [0.29, 0.717) is 6.42 Å². The van der Waals surface area contributed by atoms with E-state index in [1.807, 2.05) is 13.0 Å². The van der Waals surface area contributed by atoms with E-state index in [1.54, 1.807) is 6.08 Å². The number of carbonyl (C=O) groups excluding carboxylic acids is 1. The summed E-state index contributed by atoms with van der Waals surface area (Å²) in [5.41, 5.74) is 3.88. The number of carbonyl (C=O) groups is 1. The molecule has 1 aromatic carbocycles. The van der Waals surface area contributed by atoms with Crippen LogP contribution in [-0.4, -0.2) is 5.78 Å². The first-order valence-corrected chi connectivity index (χ1v) is 6.02. The van der Waals surface area contributed by atoms with Gasteiger partial charge in [0.05, 0.1) is 0 Å².